The summed E-state index contributed by atoms with van der Waals surface area (Å²) in [7, 11) is 0. The van der Waals surface area contributed by atoms with Crippen molar-refractivity contribution >= 4 is 5.82 Å². The molecule has 100 valence electrons. The first-order chi connectivity index (χ1) is 8.75. The van der Waals surface area contributed by atoms with Crippen LogP contribution in [0.3, 0.4) is 0 Å². The first-order valence-corrected chi connectivity index (χ1v) is 6.64. The summed E-state index contributed by atoms with van der Waals surface area (Å²) in [5.74, 6) is 1.27. The maximum Gasteiger partial charge on any atom is 0.148 e. The van der Waals surface area contributed by atoms with Crippen molar-refractivity contribution in [3.8, 4) is 0 Å². The molecule has 1 atom stereocenters. The highest BCUT2D eigenvalue weighted by molar-refractivity contribution is 5.33. The van der Waals surface area contributed by atoms with Crippen LogP contribution in [0.5, 0.6) is 0 Å². The molecular weight excluding hydrogens is 228 g/mol. The average molecular weight is 250 g/mol. The maximum atomic E-state index is 5.41. The van der Waals surface area contributed by atoms with Crippen LogP contribution in [0.2, 0.25) is 0 Å². The van der Waals surface area contributed by atoms with Crippen LogP contribution in [0.1, 0.15) is 31.9 Å². The number of ether oxygens (including phenoxy) is 1. The maximum absolute atomic E-state index is 5.41. The van der Waals surface area contributed by atoms with Gasteiger partial charge in [-0.05, 0) is 24.5 Å². The van der Waals surface area contributed by atoms with Crippen LogP contribution in [-0.4, -0.2) is 42.5 Å². The fourth-order valence-electron chi connectivity index (χ4n) is 1.92. The summed E-state index contributed by atoms with van der Waals surface area (Å²) in [5.41, 5.74) is 1.03. The number of morpholine rings is 1. The van der Waals surface area contributed by atoms with E-state index >= 15 is 0 Å². The minimum absolute atomic E-state index is 0.426. The Hall–Kier alpha value is -1.20. The number of nitrogens with one attached hydrogen (secondary N) is 2. The van der Waals surface area contributed by atoms with Gasteiger partial charge in [0, 0.05) is 19.1 Å². The van der Waals surface area contributed by atoms with E-state index in [4.69, 9.17) is 4.74 Å². The SMILES string of the molecule is CC(C)c1ccc(NCCC2COCCN2)nn1. The van der Waals surface area contributed by atoms with Crippen LogP contribution in [-0.2, 0) is 4.74 Å². The van der Waals surface area contributed by atoms with E-state index in [1.54, 1.807) is 0 Å². The predicted molar refractivity (Wildman–Crippen MR) is 71.8 cm³/mol. The van der Waals surface area contributed by atoms with Gasteiger partial charge < -0.3 is 15.4 Å². The Kier molecular flexibility index (Phi) is 4.90. The highest BCUT2D eigenvalue weighted by atomic mass is 16.5. The molecule has 0 saturated carbocycles. The van der Waals surface area contributed by atoms with Crippen molar-refractivity contribution in [3.05, 3.63) is 17.8 Å². The molecule has 1 saturated heterocycles. The molecule has 0 aliphatic carbocycles. The predicted octanol–water partition coefficient (Wildman–Crippen LogP) is 1.39. The minimum Gasteiger partial charge on any atom is -0.379 e. The zero-order valence-electron chi connectivity index (χ0n) is 11.1. The molecule has 1 aromatic heterocycles. The van der Waals surface area contributed by atoms with Crippen molar-refractivity contribution in [1.29, 1.82) is 0 Å². The lowest BCUT2D eigenvalue weighted by Crippen LogP contribution is -2.42. The van der Waals surface area contributed by atoms with E-state index in [-0.39, 0.29) is 0 Å². The van der Waals surface area contributed by atoms with E-state index in [9.17, 15) is 0 Å². The summed E-state index contributed by atoms with van der Waals surface area (Å²) >= 11 is 0. The Bertz CT molecular complexity index is 347. The molecule has 2 rings (SSSR count). The quantitative estimate of drug-likeness (QED) is 0.827. The Morgan fingerprint density at radius 1 is 1.44 bits per heavy atom. The average Bonchev–Trinajstić information content (AvgIpc) is 2.40. The lowest BCUT2D eigenvalue weighted by molar-refractivity contribution is 0.0753. The molecule has 1 fully saturated rings. The fraction of sp³-hybridized carbons (Fsp3) is 0.692. The van der Waals surface area contributed by atoms with Crippen LogP contribution in [0.4, 0.5) is 5.82 Å². The number of hydrogen-bond acceptors (Lipinski definition) is 5. The second-order valence-corrected chi connectivity index (χ2v) is 4.94. The number of aromatic nitrogens is 2. The van der Waals surface area contributed by atoms with Gasteiger partial charge in [-0.3, -0.25) is 0 Å². The highest BCUT2D eigenvalue weighted by Gasteiger charge is 2.12. The van der Waals surface area contributed by atoms with Gasteiger partial charge in [0.25, 0.3) is 0 Å². The Balaban J connectivity index is 1.72. The van der Waals surface area contributed by atoms with E-state index in [2.05, 4.69) is 34.7 Å². The molecule has 1 aliphatic rings. The summed E-state index contributed by atoms with van der Waals surface area (Å²) in [5, 5.41) is 15.1. The molecule has 0 bridgehead atoms. The van der Waals surface area contributed by atoms with Crippen LogP contribution in [0.25, 0.3) is 0 Å². The van der Waals surface area contributed by atoms with Gasteiger partial charge in [0.05, 0.1) is 18.9 Å². The highest BCUT2D eigenvalue weighted by Crippen LogP contribution is 2.11. The largest absolute Gasteiger partial charge is 0.379 e. The van der Waals surface area contributed by atoms with Crippen LogP contribution in [0.15, 0.2) is 12.1 Å². The summed E-state index contributed by atoms with van der Waals surface area (Å²) in [6.45, 7) is 7.70. The second-order valence-electron chi connectivity index (χ2n) is 4.94. The first kappa shape index (κ1) is 13.2. The lowest BCUT2D eigenvalue weighted by Gasteiger charge is -2.23. The molecule has 2 heterocycles. The minimum atomic E-state index is 0.426. The first-order valence-electron chi connectivity index (χ1n) is 6.64. The van der Waals surface area contributed by atoms with Crippen molar-refractivity contribution < 1.29 is 4.74 Å². The summed E-state index contributed by atoms with van der Waals surface area (Å²) in [6, 6.07) is 4.48. The molecular formula is C13H22N4O. The van der Waals surface area contributed by atoms with Gasteiger partial charge >= 0.3 is 0 Å². The van der Waals surface area contributed by atoms with E-state index in [1.807, 2.05) is 12.1 Å². The zero-order chi connectivity index (χ0) is 12.8. The van der Waals surface area contributed by atoms with Crippen molar-refractivity contribution in [2.24, 2.45) is 0 Å². The number of rotatable bonds is 5. The molecule has 1 unspecified atom stereocenters. The number of nitrogens with zero attached hydrogens (tertiary/aromatic N) is 2. The smallest absolute Gasteiger partial charge is 0.148 e. The van der Waals surface area contributed by atoms with E-state index in [0.29, 0.717) is 12.0 Å². The Labute approximate surface area is 108 Å². The lowest BCUT2D eigenvalue weighted by atomic mass is 10.1. The Morgan fingerprint density at radius 3 is 2.94 bits per heavy atom. The number of hydrogen-bond donors (Lipinski definition) is 2. The third kappa shape index (κ3) is 3.92. The van der Waals surface area contributed by atoms with Crippen molar-refractivity contribution in [2.45, 2.75) is 32.2 Å². The van der Waals surface area contributed by atoms with Gasteiger partial charge in [0.2, 0.25) is 0 Å². The number of anilines is 1. The van der Waals surface area contributed by atoms with Gasteiger partial charge in [-0.2, -0.15) is 5.10 Å². The van der Waals surface area contributed by atoms with Gasteiger partial charge in [-0.25, -0.2) is 0 Å². The summed E-state index contributed by atoms with van der Waals surface area (Å²) < 4.78 is 5.41. The monoisotopic (exact) mass is 250 g/mol. The van der Waals surface area contributed by atoms with E-state index < -0.39 is 0 Å². The van der Waals surface area contributed by atoms with E-state index in [0.717, 1.165) is 44.2 Å². The van der Waals surface area contributed by atoms with Crippen molar-refractivity contribution in [1.82, 2.24) is 15.5 Å². The molecule has 2 N–H and O–H groups in total. The van der Waals surface area contributed by atoms with Gasteiger partial charge in [0.1, 0.15) is 5.82 Å². The zero-order valence-corrected chi connectivity index (χ0v) is 11.1. The van der Waals surface area contributed by atoms with Crippen LogP contribution < -0.4 is 10.6 Å². The van der Waals surface area contributed by atoms with Gasteiger partial charge in [-0.1, -0.05) is 13.8 Å². The Morgan fingerprint density at radius 2 is 2.33 bits per heavy atom. The van der Waals surface area contributed by atoms with Crippen molar-refractivity contribution in [3.63, 3.8) is 0 Å². The normalized spacial score (nSPS) is 20.1. The third-order valence-electron chi connectivity index (χ3n) is 3.07. The molecule has 1 aliphatic heterocycles. The molecule has 18 heavy (non-hydrogen) atoms. The molecule has 0 aromatic carbocycles. The molecule has 5 heteroatoms. The van der Waals surface area contributed by atoms with Gasteiger partial charge in [-0.15, -0.1) is 5.10 Å². The van der Waals surface area contributed by atoms with E-state index in [1.165, 1.54) is 0 Å². The molecule has 0 radical (unpaired) electrons. The van der Waals surface area contributed by atoms with Gasteiger partial charge in [0.15, 0.2) is 0 Å². The molecule has 1 aromatic rings. The standard InChI is InChI=1S/C13H22N4O/c1-10(2)12-3-4-13(17-16-12)15-6-5-11-9-18-8-7-14-11/h3-4,10-11,14H,5-9H2,1-2H3,(H,15,17). The summed E-state index contributed by atoms with van der Waals surface area (Å²) in [6.07, 6.45) is 1.04. The third-order valence-corrected chi connectivity index (χ3v) is 3.07. The summed E-state index contributed by atoms with van der Waals surface area (Å²) in [4.78, 5) is 0. The van der Waals surface area contributed by atoms with Crippen molar-refractivity contribution in [2.75, 3.05) is 31.6 Å². The molecule has 0 amide bonds. The second kappa shape index (κ2) is 6.66. The fourth-order valence-corrected chi connectivity index (χ4v) is 1.92. The van der Waals surface area contributed by atoms with Crippen LogP contribution in [0, 0.1) is 0 Å². The van der Waals surface area contributed by atoms with Crippen LogP contribution >= 0.6 is 0 Å². The molecule has 0 spiro atoms. The molecule has 5 nitrogen and oxygen atoms in total. The topological polar surface area (TPSA) is 59.1 Å².